The van der Waals surface area contributed by atoms with Gasteiger partial charge in [-0.05, 0) is 36.8 Å². The third-order valence-electron chi connectivity index (χ3n) is 3.27. The average molecular weight is 318 g/mol. The molecule has 0 bridgehead atoms. The van der Waals surface area contributed by atoms with Crippen molar-refractivity contribution < 1.29 is 14.7 Å². The molecule has 0 fully saturated rings. The van der Waals surface area contributed by atoms with Crippen molar-refractivity contribution in [3.05, 3.63) is 70.2 Å². The Morgan fingerprint density at radius 3 is 2.23 bits per heavy atom. The van der Waals surface area contributed by atoms with Gasteiger partial charge in [-0.1, -0.05) is 41.4 Å². The molecular weight excluding hydrogens is 302 g/mol. The molecule has 0 aliphatic rings. The van der Waals surface area contributed by atoms with Crippen molar-refractivity contribution >= 4 is 23.5 Å². The maximum atomic E-state index is 12.1. The maximum absolute atomic E-state index is 12.1. The molecule has 0 saturated carbocycles. The van der Waals surface area contributed by atoms with E-state index in [-0.39, 0.29) is 6.42 Å². The van der Waals surface area contributed by atoms with Crippen LogP contribution in [0.1, 0.15) is 21.5 Å². The number of carbonyl (C=O) groups is 2. The van der Waals surface area contributed by atoms with Gasteiger partial charge in [0.1, 0.15) is 6.04 Å². The number of halogens is 1. The second-order valence-corrected chi connectivity index (χ2v) is 5.50. The van der Waals surface area contributed by atoms with E-state index in [4.69, 9.17) is 11.6 Å². The highest BCUT2D eigenvalue weighted by Crippen LogP contribution is 2.11. The lowest BCUT2D eigenvalue weighted by Crippen LogP contribution is -2.42. The summed E-state index contributed by atoms with van der Waals surface area (Å²) in [5.74, 6) is -1.50. The smallest absolute Gasteiger partial charge is 0.326 e. The first-order valence-corrected chi connectivity index (χ1v) is 7.18. The number of hydrogen-bond acceptors (Lipinski definition) is 2. The minimum absolute atomic E-state index is 0.231. The fourth-order valence-electron chi connectivity index (χ4n) is 2.00. The van der Waals surface area contributed by atoms with Crippen molar-refractivity contribution in [3.8, 4) is 0 Å². The molecule has 0 radical (unpaired) electrons. The van der Waals surface area contributed by atoms with Crippen LogP contribution in [-0.2, 0) is 11.2 Å². The summed E-state index contributed by atoms with van der Waals surface area (Å²) in [5, 5.41) is 12.3. The predicted octanol–water partition coefficient (Wildman–Crippen LogP) is 3.07. The SMILES string of the molecule is Cc1ccc(C[C@H](NC(=O)c2ccc(Cl)cc2)C(=O)O)cc1. The number of amides is 1. The Hall–Kier alpha value is -2.33. The Balaban J connectivity index is 2.08. The zero-order chi connectivity index (χ0) is 16.1. The molecule has 0 unspecified atom stereocenters. The molecule has 0 spiro atoms. The van der Waals surface area contributed by atoms with Crippen LogP contribution in [0.5, 0.6) is 0 Å². The highest BCUT2D eigenvalue weighted by Gasteiger charge is 2.21. The number of hydrogen-bond donors (Lipinski definition) is 2. The molecule has 2 rings (SSSR count). The van der Waals surface area contributed by atoms with E-state index in [0.717, 1.165) is 11.1 Å². The molecule has 0 saturated heterocycles. The Bertz CT molecular complexity index is 665. The average Bonchev–Trinajstić information content (AvgIpc) is 2.49. The summed E-state index contributed by atoms with van der Waals surface area (Å²) in [7, 11) is 0. The summed E-state index contributed by atoms with van der Waals surface area (Å²) in [5.41, 5.74) is 2.33. The number of carboxylic acid groups (broad SMARTS) is 1. The lowest BCUT2D eigenvalue weighted by molar-refractivity contribution is -0.139. The van der Waals surface area contributed by atoms with E-state index in [1.807, 2.05) is 31.2 Å². The number of carbonyl (C=O) groups excluding carboxylic acids is 1. The molecule has 2 aromatic carbocycles. The fraction of sp³-hybridized carbons (Fsp3) is 0.176. The summed E-state index contributed by atoms with van der Waals surface area (Å²) in [4.78, 5) is 23.5. The number of carboxylic acids is 1. The van der Waals surface area contributed by atoms with Crippen molar-refractivity contribution in [1.29, 1.82) is 0 Å². The van der Waals surface area contributed by atoms with Gasteiger partial charge in [-0.25, -0.2) is 4.79 Å². The molecule has 0 heterocycles. The van der Waals surface area contributed by atoms with Crippen molar-refractivity contribution in [1.82, 2.24) is 5.32 Å². The number of benzene rings is 2. The minimum atomic E-state index is -1.07. The number of rotatable bonds is 5. The second kappa shape index (κ2) is 7.09. The predicted molar refractivity (Wildman–Crippen MR) is 85.2 cm³/mol. The van der Waals surface area contributed by atoms with Gasteiger partial charge >= 0.3 is 5.97 Å². The summed E-state index contributed by atoms with van der Waals surface area (Å²) in [6, 6.07) is 12.9. The van der Waals surface area contributed by atoms with Gasteiger partial charge in [-0.3, -0.25) is 4.79 Å². The summed E-state index contributed by atoms with van der Waals surface area (Å²) in [6.45, 7) is 1.96. The Morgan fingerprint density at radius 2 is 1.68 bits per heavy atom. The van der Waals surface area contributed by atoms with Crippen LogP contribution in [0.3, 0.4) is 0 Å². The molecule has 1 atom stereocenters. The van der Waals surface area contributed by atoms with Crippen molar-refractivity contribution in [3.63, 3.8) is 0 Å². The van der Waals surface area contributed by atoms with E-state index in [1.54, 1.807) is 24.3 Å². The van der Waals surface area contributed by atoms with Crippen LogP contribution in [0.15, 0.2) is 48.5 Å². The van der Waals surface area contributed by atoms with Gasteiger partial charge in [-0.2, -0.15) is 0 Å². The Kier molecular flexibility index (Phi) is 5.17. The highest BCUT2D eigenvalue weighted by atomic mass is 35.5. The van der Waals surface area contributed by atoms with Gasteiger partial charge < -0.3 is 10.4 Å². The molecule has 5 heteroatoms. The summed E-state index contributed by atoms with van der Waals surface area (Å²) in [6.07, 6.45) is 0.231. The highest BCUT2D eigenvalue weighted by molar-refractivity contribution is 6.30. The fourth-order valence-corrected chi connectivity index (χ4v) is 2.13. The zero-order valence-corrected chi connectivity index (χ0v) is 12.8. The standard InChI is InChI=1S/C17H16ClNO3/c1-11-2-4-12(5-3-11)10-15(17(21)22)19-16(20)13-6-8-14(18)9-7-13/h2-9,15H,10H2,1H3,(H,19,20)(H,21,22)/t15-/m0/s1. The quantitative estimate of drug-likeness (QED) is 0.890. The first-order valence-electron chi connectivity index (χ1n) is 6.80. The molecule has 114 valence electrons. The van der Waals surface area contributed by atoms with Crippen molar-refractivity contribution in [2.75, 3.05) is 0 Å². The van der Waals surface area contributed by atoms with E-state index in [2.05, 4.69) is 5.32 Å². The molecular formula is C17H16ClNO3. The topological polar surface area (TPSA) is 66.4 Å². The Morgan fingerprint density at radius 1 is 1.09 bits per heavy atom. The molecule has 4 nitrogen and oxygen atoms in total. The van der Waals surface area contributed by atoms with E-state index in [0.29, 0.717) is 10.6 Å². The summed E-state index contributed by atoms with van der Waals surface area (Å²) >= 11 is 5.77. The van der Waals surface area contributed by atoms with Gasteiger partial charge in [0.25, 0.3) is 5.91 Å². The van der Waals surface area contributed by atoms with Gasteiger partial charge in [0.05, 0.1) is 0 Å². The number of aryl methyl sites for hydroxylation is 1. The molecule has 2 N–H and O–H groups in total. The van der Waals surface area contributed by atoms with Crippen LogP contribution in [0, 0.1) is 6.92 Å². The molecule has 0 aromatic heterocycles. The van der Waals surface area contributed by atoms with E-state index >= 15 is 0 Å². The van der Waals surface area contributed by atoms with Gasteiger partial charge in [0, 0.05) is 17.0 Å². The van der Waals surface area contributed by atoms with Crippen LogP contribution in [-0.4, -0.2) is 23.0 Å². The van der Waals surface area contributed by atoms with Crippen LogP contribution in [0.2, 0.25) is 5.02 Å². The largest absolute Gasteiger partial charge is 0.480 e. The van der Waals surface area contributed by atoms with Gasteiger partial charge in [0.2, 0.25) is 0 Å². The van der Waals surface area contributed by atoms with Crippen molar-refractivity contribution in [2.45, 2.75) is 19.4 Å². The first-order chi connectivity index (χ1) is 10.5. The van der Waals surface area contributed by atoms with Crippen molar-refractivity contribution in [2.24, 2.45) is 0 Å². The van der Waals surface area contributed by atoms with E-state index in [9.17, 15) is 14.7 Å². The minimum Gasteiger partial charge on any atom is -0.480 e. The van der Waals surface area contributed by atoms with Gasteiger partial charge in [-0.15, -0.1) is 0 Å². The van der Waals surface area contributed by atoms with E-state index in [1.165, 1.54) is 0 Å². The summed E-state index contributed by atoms with van der Waals surface area (Å²) < 4.78 is 0. The monoisotopic (exact) mass is 317 g/mol. The molecule has 2 aromatic rings. The second-order valence-electron chi connectivity index (χ2n) is 5.06. The van der Waals surface area contributed by atoms with Gasteiger partial charge in [0.15, 0.2) is 0 Å². The normalized spacial score (nSPS) is 11.7. The molecule has 22 heavy (non-hydrogen) atoms. The van der Waals surface area contributed by atoms with E-state index < -0.39 is 17.9 Å². The third-order valence-corrected chi connectivity index (χ3v) is 3.52. The van der Waals surface area contributed by atoms with Crippen LogP contribution in [0.25, 0.3) is 0 Å². The molecule has 1 amide bonds. The number of aliphatic carboxylic acids is 1. The molecule has 0 aliphatic heterocycles. The Labute approximate surface area is 133 Å². The van der Waals surface area contributed by atoms with Crippen LogP contribution in [0.4, 0.5) is 0 Å². The zero-order valence-electron chi connectivity index (χ0n) is 12.0. The van der Waals surface area contributed by atoms with Crippen LogP contribution >= 0.6 is 11.6 Å². The maximum Gasteiger partial charge on any atom is 0.326 e. The first kappa shape index (κ1) is 16.0. The third kappa shape index (κ3) is 4.33. The van der Waals surface area contributed by atoms with Crippen LogP contribution < -0.4 is 5.32 Å². The lowest BCUT2D eigenvalue weighted by Gasteiger charge is -2.15. The number of nitrogens with one attached hydrogen (secondary N) is 1. The lowest BCUT2D eigenvalue weighted by atomic mass is 10.0. The molecule has 0 aliphatic carbocycles.